The molecule has 1 atom stereocenters. The van der Waals surface area contributed by atoms with Gasteiger partial charge in [0.25, 0.3) is 0 Å². The maximum Gasteiger partial charge on any atom is 0.244 e. The highest BCUT2D eigenvalue weighted by Gasteiger charge is 2.37. The van der Waals surface area contributed by atoms with Crippen LogP contribution >= 0.6 is 0 Å². The Labute approximate surface area is 143 Å². The number of nitriles is 1. The van der Waals surface area contributed by atoms with Gasteiger partial charge in [-0.3, -0.25) is 5.10 Å². The summed E-state index contributed by atoms with van der Waals surface area (Å²) >= 11 is 0. The number of hydrogen-bond acceptors (Lipinski definition) is 6. The zero-order valence-electron chi connectivity index (χ0n) is 13.3. The molecule has 0 saturated heterocycles. The summed E-state index contributed by atoms with van der Waals surface area (Å²) in [5.74, 6) is 1.23. The lowest BCUT2D eigenvalue weighted by Crippen LogP contribution is -2.20. The predicted molar refractivity (Wildman–Crippen MR) is 88.6 cm³/mol. The zero-order chi connectivity index (χ0) is 17.4. The number of nitrogens with two attached hydrogens (primary N) is 1. The molecule has 3 N–H and O–H groups in total. The first-order chi connectivity index (χ1) is 12.2. The molecule has 0 bridgehead atoms. The van der Waals surface area contributed by atoms with Crippen molar-refractivity contribution >= 4 is 0 Å². The first kappa shape index (κ1) is 14.9. The molecule has 0 saturated carbocycles. The largest absolute Gasteiger partial charge is 0.497 e. The lowest BCUT2D eigenvalue weighted by atomic mass is 9.86. The van der Waals surface area contributed by atoms with Gasteiger partial charge in [-0.05, 0) is 36.4 Å². The van der Waals surface area contributed by atoms with Crippen molar-refractivity contribution in [3.05, 3.63) is 65.4 Å². The fraction of sp³-hybridized carbons (Fsp3) is 0.111. The van der Waals surface area contributed by atoms with Gasteiger partial charge < -0.3 is 19.6 Å². The number of rotatable bonds is 3. The normalized spacial score (nSPS) is 16.1. The molecule has 7 nitrogen and oxygen atoms in total. The standard InChI is InChI=1S/C18H14N4O3/c1-23-11-6-4-10(5-7-11)16-15-14(13-3-2-8-24-13)12(9-19)17(20)25-18(15)22-21-16/h2-8,14H,20H2,1H3,(H,21,22)/t14-/m1/s1. The Bertz CT molecular complexity index is 979. The molecule has 3 aromatic rings. The van der Waals surface area contributed by atoms with Crippen LogP contribution in [0.1, 0.15) is 17.2 Å². The minimum atomic E-state index is -0.486. The summed E-state index contributed by atoms with van der Waals surface area (Å²) in [5, 5.41) is 16.8. The van der Waals surface area contributed by atoms with Crippen LogP contribution < -0.4 is 15.2 Å². The van der Waals surface area contributed by atoms with E-state index in [9.17, 15) is 5.26 Å². The monoisotopic (exact) mass is 334 g/mol. The smallest absolute Gasteiger partial charge is 0.244 e. The number of H-pyrrole nitrogens is 1. The van der Waals surface area contributed by atoms with Crippen LogP contribution in [0, 0.1) is 11.3 Å². The van der Waals surface area contributed by atoms with Crippen molar-refractivity contribution in [1.82, 2.24) is 10.2 Å². The van der Waals surface area contributed by atoms with E-state index in [0.717, 1.165) is 17.0 Å². The average Bonchev–Trinajstić information content (AvgIpc) is 3.30. The predicted octanol–water partition coefficient (Wildman–Crippen LogP) is 2.90. The van der Waals surface area contributed by atoms with Gasteiger partial charge in [-0.1, -0.05) is 0 Å². The van der Waals surface area contributed by atoms with Gasteiger partial charge in [0.2, 0.25) is 11.8 Å². The fourth-order valence-electron chi connectivity index (χ4n) is 2.96. The molecule has 0 spiro atoms. The Morgan fingerprint density at radius 1 is 1.28 bits per heavy atom. The second-order valence-corrected chi connectivity index (χ2v) is 5.49. The highest BCUT2D eigenvalue weighted by molar-refractivity contribution is 5.70. The molecule has 0 fully saturated rings. The van der Waals surface area contributed by atoms with E-state index < -0.39 is 5.92 Å². The number of benzene rings is 1. The van der Waals surface area contributed by atoms with E-state index in [0.29, 0.717) is 22.8 Å². The van der Waals surface area contributed by atoms with Gasteiger partial charge >= 0.3 is 0 Å². The molecule has 124 valence electrons. The van der Waals surface area contributed by atoms with Crippen molar-refractivity contribution < 1.29 is 13.9 Å². The number of nitrogens with zero attached hydrogens (tertiary/aromatic N) is 2. The van der Waals surface area contributed by atoms with Crippen LogP contribution in [0.25, 0.3) is 11.3 Å². The number of aromatic nitrogens is 2. The number of allylic oxidation sites excluding steroid dienone is 1. The molecule has 0 radical (unpaired) electrons. The van der Waals surface area contributed by atoms with Crippen LogP contribution in [0.4, 0.5) is 0 Å². The lowest BCUT2D eigenvalue weighted by molar-refractivity contribution is 0.371. The summed E-state index contributed by atoms with van der Waals surface area (Å²) in [7, 11) is 1.61. The van der Waals surface area contributed by atoms with Gasteiger partial charge in [0.15, 0.2) is 0 Å². The second kappa shape index (κ2) is 5.76. The lowest BCUT2D eigenvalue weighted by Gasteiger charge is -2.22. The average molecular weight is 334 g/mol. The number of fused-ring (bicyclic) bond motifs is 1. The third-order valence-corrected chi connectivity index (χ3v) is 4.15. The molecular formula is C18H14N4O3. The van der Waals surface area contributed by atoms with Crippen molar-refractivity contribution in [1.29, 1.82) is 5.26 Å². The van der Waals surface area contributed by atoms with E-state index in [1.165, 1.54) is 0 Å². The van der Waals surface area contributed by atoms with Gasteiger partial charge in [-0.25, -0.2) is 0 Å². The molecule has 25 heavy (non-hydrogen) atoms. The molecule has 0 unspecified atom stereocenters. The number of hydrogen-bond donors (Lipinski definition) is 2. The number of aromatic amines is 1. The summed E-state index contributed by atoms with van der Waals surface area (Å²) in [6.07, 6.45) is 1.56. The Kier molecular flexibility index (Phi) is 3.43. The van der Waals surface area contributed by atoms with Gasteiger partial charge in [-0.2, -0.15) is 5.26 Å². The number of ether oxygens (including phenoxy) is 2. The Morgan fingerprint density at radius 3 is 2.72 bits per heavy atom. The summed E-state index contributed by atoms with van der Waals surface area (Å²) in [5.41, 5.74) is 8.53. The quantitative estimate of drug-likeness (QED) is 0.762. The van der Waals surface area contributed by atoms with Crippen molar-refractivity contribution in [3.8, 4) is 29.0 Å². The van der Waals surface area contributed by atoms with E-state index >= 15 is 0 Å². The molecule has 1 aromatic carbocycles. The third kappa shape index (κ3) is 2.32. The van der Waals surface area contributed by atoms with Crippen LogP contribution in [-0.2, 0) is 0 Å². The van der Waals surface area contributed by atoms with E-state index in [1.807, 2.05) is 24.3 Å². The number of methoxy groups -OCH3 is 1. The SMILES string of the molecule is COc1ccc(-c2[nH]nc3c2[C@@H](c2ccco2)C(C#N)=C(N)O3)cc1. The van der Waals surface area contributed by atoms with Crippen LogP contribution in [-0.4, -0.2) is 17.3 Å². The van der Waals surface area contributed by atoms with Crippen molar-refractivity contribution in [3.63, 3.8) is 0 Å². The van der Waals surface area contributed by atoms with Gasteiger partial charge in [0.1, 0.15) is 23.2 Å². The number of nitrogens with one attached hydrogen (secondary N) is 1. The zero-order valence-corrected chi connectivity index (χ0v) is 13.3. The van der Waals surface area contributed by atoms with E-state index in [4.69, 9.17) is 19.6 Å². The number of furan rings is 1. The second-order valence-electron chi connectivity index (χ2n) is 5.49. The van der Waals surface area contributed by atoms with Crippen LogP contribution in [0.3, 0.4) is 0 Å². The molecule has 7 heteroatoms. The van der Waals surface area contributed by atoms with E-state index in [-0.39, 0.29) is 5.88 Å². The Morgan fingerprint density at radius 2 is 2.08 bits per heavy atom. The summed E-state index contributed by atoms with van der Waals surface area (Å²) in [4.78, 5) is 0. The van der Waals surface area contributed by atoms with Gasteiger partial charge in [-0.15, -0.1) is 5.10 Å². The maximum atomic E-state index is 9.57. The maximum absolute atomic E-state index is 9.57. The highest BCUT2D eigenvalue weighted by Crippen LogP contribution is 2.45. The Balaban J connectivity index is 1.90. The molecular weight excluding hydrogens is 320 g/mol. The van der Waals surface area contributed by atoms with Gasteiger partial charge in [0, 0.05) is 5.56 Å². The van der Waals surface area contributed by atoms with Crippen molar-refractivity contribution in [2.45, 2.75) is 5.92 Å². The fourth-order valence-corrected chi connectivity index (χ4v) is 2.96. The minimum Gasteiger partial charge on any atom is -0.497 e. The summed E-state index contributed by atoms with van der Waals surface area (Å²) < 4.78 is 16.3. The van der Waals surface area contributed by atoms with Crippen LogP contribution in [0.15, 0.2) is 58.5 Å². The Hall–Kier alpha value is -3.66. The van der Waals surface area contributed by atoms with E-state index in [2.05, 4.69) is 16.3 Å². The molecule has 3 heterocycles. The first-order valence-electron chi connectivity index (χ1n) is 7.56. The molecule has 0 amide bonds. The van der Waals surface area contributed by atoms with E-state index in [1.54, 1.807) is 25.5 Å². The summed E-state index contributed by atoms with van der Waals surface area (Å²) in [6.45, 7) is 0. The molecule has 0 aliphatic carbocycles. The minimum absolute atomic E-state index is 0.0316. The first-order valence-corrected chi connectivity index (χ1v) is 7.56. The van der Waals surface area contributed by atoms with Crippen LogP contribution in [0.5, 0.6) is 11.6 Å². The third-order valence-electron chi connectivity index (χ3n) is 4.15. The van der Waals surface area contributed by atoms with Crippen molar-refractivity contribution in [2.75, 3.05) is 7.11 Å². The molecule has 1 aliphatic heterocycles. The topological polar surface area (TPSA) is 110 Å². The summed E-state index contributed by atoms with van der Waals surface area (Å²) in [6, 6.07) is 13.2. The molecule has 1 aliphatic rings. The highest BCUT2D eigenvalue weighted by atomic mass is 16.5. The van der Waals surface area contributed by atoms with Gasteiger partial charge in [0.05, 0.1) is 30.5 Å². The molecule has 2 aromatic heterocycles. The van der Waals surface area contributed by atoms with Crippen LogP contribution in [0.2, 0.25) is 0 Å². The van der Waals surface area contributed by atoms with Crippen molar-refractivity contribution in [2.24, 2.45) is 5.73 Å². The molecule has 4 rings (SSSR count).